The van der Waals surface area contributed by atoms with Crippen molar-refractivity contribution < 1.29 is 14.3 Å². The van der Waals surface area contributed by atoms with E-state index in [1.165, 1.54) is 0 Å². The van der Waals surface area contributed by atoms with E-state index < -0.39 is 0 Å². The molecule has 1 saturated heterocycles. The molecule has 0 saturated carbocycles. The molecule has 1 atom stereocenters. The minimum atomic E-state index is -0.232. The molecule has 0 aliphatic carbocycles. The highest BCUT2D eigenvalue weighted by Gasteiger charge is 2.18. The summed E-state index contributed by atoms with van der Waals surface area (Å²) in [5.41, 5.74) is 1.72. The van der Waals surface area contributed by atoms with Gasteiger partial charge in [-0.1, -0.05) is 47.5 Å². The van der Waals surface area contributed by atoms with Gasteiger partial charge < -0.3 is 15.4 Å². The molecule has 1 unspecified atom stereocenters. The quantitative estimate of drug-likeness (QED) is 0.693. The Kier molecular flexibility index (Phi) is 7.31. The molecule has 1 fully saturated rings. The van der Waals surface area contributed by atoms with E-state index in [4.69, 9.17) is 27.9 Å². The number of carbonyl (C=O) groups is 2. The SMILES string of the molecule is O=C(CCc1cccc(Cl)c1Cl)Nc1ccccc1C(=O)NCC1CCCO1. The largest absolute Gasteiger partial charge is 0.376 e. The lowest BCUT2D eigenvalue weighted by Crippen LogP contribution is -2.32. The van der Waals surface area contributed by atoms with Crippen molar-refractivity contribution in [2.24, 2.45) is 0 Å². The highest BCUT2D eigenvalue weighted by Crippen LogP contribution is 2.26. The average Bonchev–Trinajstić information content (AvgIpc) is 3.21. The first-order valence-corrected chi connectivity index (χ1v) is 10.0. The van der Waals surface area contributed by atoms with E-state index in [0.29, 0.717) is 34.3 Å². The summed E-state index contributed by atoms with van der Waals surface area (Å²) >= 11 is 12.2. The molecule has 0 aromatic heterocycles. The van der Waals surface area contributed by atoms with Crippen molar-refractivity contribution in [3.8, 4) is 0 Å². The Labute approximate surface area is 174 Å². The van der Waals surface area contributed by atoms with E-state index in [0.717, 1.165) is 25.0 Å². The van der Waals surface area contributed by atoms with Crippen molar-refractivity contribution in [2.75, 3.05) is 18.5 Å². The van der Waals surface area contributed by atoms with Gasteiger partial charge in [0.1, 0.15) is 0 Å². The van der Waals surface area contributed by atoms with Gasteiger partial charge in [-0.25, -0.2) is 0 Å². The van der Waals surface area contributed by atoms with Crippen molar-refractivity contribution in [3.63, 3.8) is 0 Å². The van der Waals surface area contributed by atoms with E-state index in [2.05, 4.69) is 10.6 Å². The number of ether oxygens (including phenoxy) is 1. The number of carbonyl (C=O) groups excluding carboxylic acids is 2. The number of amides is 2. The summed E-state index contributed by atoms with van der Waals surface area (Å²) in [6.07, 6.45) is 2.71. The number of rotatable bonds is 7. The summed E-state index contributed by atoms with van der Waals surface area (Å²) in [5, 5.41) is 6.62. The average molecular weight is 421 g/mol. The number of aryl methyl sites for hydroxylation is 1. The second-order valence-electron chi connectivity index (χ2n) is 6.65. The Morgan fingerprint density at radius 3 is 2.71 bits per heavy atom. The van der Waals surface area contributed by atoms with Gasteiger partial charge in [0.15, 0.2) is 0 Å². The smallest absolute Gasteiger partial charge is 0.253 e. The predicted octanol–water partition coefficient (Wildman–Crippen LogP) is 4.47. The van der Waals surface area contributed by atoms with Crippen molar-refractivity contribution in [1.82, 2.24) is 5.32 Å². The van der Waals surface area contributed by atoms with E-state index in [-0.39, 0.29) is 24.3 Å². The molecule has 0 bridgehead atoms. The van der Waals surface area contributed by atoms with E-state index in [9.17, 15) is 9.59 Å². The third kappa shape index (κ3) is 5.47. The molecule has 148 valence electrons. The minimum absolute atomic E-state index is 0.0631. The fourth-order valence-corrected chi connectivity index (χ4v) is 3.51. The van der Waals surface area contributed by atoms with E-state index in [1.807, 2.05) is 6.07 Å². The van der Waals surface area contributed by atoms with Gasteiger partial charge in [-0.15, -0.1) is 0 Å². The highest BCUT2D eigenvalue weighted by atomic mass is 35.5. The number of para-hydroxylation sites is 1. The summed E-state index contributed by atoms with van der Waals surface area (Å²) in [4.78, 5) is 24.9. The molecule has 28 heavy (non-hydrogen) atoms. The molecule has 2 amide bonds. The molecule has 7 heteroatoms. The number of hydrogen-bond donors (Lipinski definition) is 2. The summed E-state index contributed by atoms with van der Waals surface area (Å²) < 4.78 is 5.52. The van der Waals surface area contributed by atoms with Gasteiger partial charge in [0.25, 0.3) is 5.91 Å². The summed E-state index contributed by atoms with van der Waals surface area (Å²) in [5.74, 6) is -0.431. The first-order valence-electron chi connectivity index (χ1n) is 9.26. The summed E-state index contributed by atoms with van der Waals surface area (Å²) in [7, 11) is 0. The normalized spacial score (nSPS) is 16.0. The van der Waals surface area contributed by atoms with Crippen LogP contribution in [-0.4, -0.2) is 31.1 Å². The topological polar surface area (TPSA) is 67.4 Å². The zero-order valence-electron chi connectivity index (χ0n) is 15.3. The van der Waals surface area contributed by atoms with Crippen LogP contribution in [0.15, 0.2) is 42.5 Å². The Balaban J connectivity index is 1.58. The van der Waals surface area contributed by atoms with Gasteiger partial charge >= 0.3 is 0 Å². The molecule has 1 aliphatic rings. The number of halogens is 2. The number of nitrogens with one attached hydrogen (secondary N) is 2. The third-order valence-electron chi connectivity index (χ3n) is 4.61. The van der Waals surface area contributed by atoms with Crippen LogP contribution in [0, 0.1) is 0 Å². The minimum Gasteiger partial charge on any atom is -0.376 e. The van der Waals surface area contributed by atoms with E-state index >= 15 is 0 Å². The molecular formula is C21H22Cl2N2O3. The van der Waals surface area contributed by atoms with Crippen LogP contribution in [0.1, 0.15) is 35.2 Å². The molecule has 1 aliphatic heterocycles. The Morgan fingerprint density at radius 2 is 1.93 bits per heavy atom. The third-order valence-corrected chi connectivity index (χ3v) is 5.47. The maximum absolute atomic E-state index is 12.5. The van der Waals surface area contributed by atoms with Gasteiger partial charge in [-0.3, -0.25) is 9.59 Å². The second-order valence-corrected chi connectivity index (χ2v) is 7.44. The first-order chi connectivity index (χ1) is 13.5. The van der Waals surface area contributed by atoms with Crippen LogP contribution in [0.4, 0.5) is 5.69 Å². The van der Waals surface area contributed by atoms with Crippen LogP contribution in [0.25, 0.3) is 0 Å². The predicted molar refractivity (Wildman–Crippen MR) is 111 cm³/mol. The zero-order valence-corrected chi connectivity index (χ0v) is 16.9. The highest BCUT2D eigenvalue weighted by molar-refractivity contribution is 6.42. The zero-order chi connectivity index (χ0) is 19.9. The van der Waals surface area contributed by atoms with Gasteiger partial charge in [-0.2, -0.15) is 0 Å². The number of hydrogen-bond acceptors (Lipinski definition) is 3. The lowest BCUT2D eigenvalue weighted by Gasteiger charge is -2.14. The Morgan fingerprint density at radius 1 is 1.11 bits per heavy atom. The maximum Gasteiger partial charge on any atom is 0.253 e. The molecule has 3 rings (SSSR count). The number of benzene rings is 2. The van der Waals surface area contributed by atoms with E-state index in [1.54, 1.807) is 36.4 Å². The van der Waals surface area contributed by atoms with Crippen molar-refractivity contribution in [1.29, 1.82) is 0 Å². The van der Waals surface area contributed by atoms with Crippen LogP contribution in [0.5, 0.6) is 0 Å². The molecule has 0 radical (unpaired) electrons. The lowest BCUT2D eigenvalue weighted by molar-refractivity contribution is -0.116. The molecule has 2 aromatic carbocycles. The van der Waals surface area contributed by atoms with Crippen LogP contribution < -0.4 is 10.6 Å². The molecule has 2 N–H and O–H groups in total. The lowest BCUT2D eigenvalue weighted by atomic mass is 10.1. The Bertz CT molecular complexity index is 851. The number of anilines is 1. The molecule has 5 nitrogen and oxygen atoms in total. The molecule has 0 spiro atoms. The molecule has 1 heterocycles. The van der Waals surface area contributed by atoms with Crippen molar-refractivity contribution in [2.45, 2.75) is 31.8 Å². The standard InChI is InChI=1S/C21H22Cl2N2O3/c22-17-8-3-5-14(20(17)23)10-11-19(26)25-18-9-2-1-7-16(18)21(27)24-13-15-6-4-12-28-15/h1-3,5,7-9,15H,4,6,10-13H2,(H,24,27)(H,25,26). The fourth-order valence-electron chi connectivity index (χ4n) is 3.10. The van der Waals surface area contributed by atoms with Crippen LogP contribution >= 0.6 is 23.2 Å². The van der Waals surface area contributed by atoms with Crippen LogP contribution in [0.3, 0.4) is 0 Å². The monoisotopic (exact) mass is 420 g/mol. The summed E-state index contributed by atoms with van der Waals surface area (Å²) in [6, 6.07) is 12.3. The van der Waals surface area contributed by atoms with Crippen molar-refractivity contribution in [3.05, 3.63) is 63.6 Å². The molecular weight excluding hydrogens is 399 g/mol. The van der Waals surface area contributed by atoms with Gasteiger partial charge in [-0.05, 0) is 43.0 Å². The molecule has 2 aromatic rings. The second kappa shape index (κ2) is 9.92. The van der Waals surface area contributed by atoms with Crippen molar-refractivity contribution >= 4 is 40.7 Å². The van der Waals surface area contributed by atoms with Gasteiger partial charge in [0, 0.05) is 19.6 Å². The first kappa shape index (κ1) is 20.6. The van der Waals surface area contributed by atoms with Crippen LogP contribution in [-0.2, 0) is 16.0 Å². The summed E-state index contributed by atoms with van der Waals surface area (Å²) in [6.45, 7) is 1.21. The maximum atomic E-state index is 12.5. The van der Waals surface area contributed by atoms with Crippen LogP contribution in [0.2, 0.25) is 10.0 Å². The van der Waals surface area contributed by atoms with Gasteiger partial charge in [0.05, 0.1) is 27.4 Å². The van der Waals surface area contributed by atoms with Gasteiger partial charge in [0.2, 0.25) is 5.91 Å². The fraction of sp³-hybridized carbons (Fsp3) is 0.333. The Hall–Kier alpha value is -2.08.